The zero-order valence-electron chi connectivity index (χ0n) is 21.1. The Hall–Kier alpha value is -3.84. The van der Waals surface area contributed by atoms with Crippen molar-refractivity contribution in [2.45, 2.75) is 32.8 Å². The standard InChI is InChI=1S/C29H30N2O4S/c1-29(2,3)21-11-13-22(14-12-21)35-18-20-16-19(10-15-25(20)33-4)17-23-27(32)31(28(36)30-23)24-8-6-7-9-26(24)34-5/h6-17H,18H2,1-5H3,(H,30,36)/b23-17+. The van der Waals surface area contributed by atoms with Gasteiger partial charge in [0.2, 0.25) is 0 Å². The van der Waals surface area contributed by atoms with E-state index >= 15 is 0 Å². The summed E-state index contributed by atoms with van der Waals surface area (Å²) in [5, 5.41) is 3.32. The number of nitrogens with zero attached hydrogens (tertiary/aromatic N) is 1. The summed E-state index contributed by atoms with van der Waals surface area (Å²) in [6, 6.07) is 21.1. The van der Waals surface area contributed by atoms with Gasteiger partial charge in [-0.3, -0.25) is 4.79 Å². The molecule has 0 aliphatic carbocycles. The van der Waals surface area contributed by atoms with Crippen LogP contribution in [0.15, 0.2) is 72.4 Å². The highest BCUT2D eigenvalue weighted by Gasteiger charge is 2.33. The maximum Gasteiger partial charge on any atom is 0.281 e. The number of nitrogens with one attached hydrogen (secondary N) is 1. The fraction of sp³-hybridized carbons (Fsp3) is 0.241. The van der Waals surface area contributed by atoms with Gasteiger partial charge in [0, 0.05) is 5.56 Å². The normalized spacial score (nSPS) is 14.7. The van der Waals surface area contributed by atoms with Gasteiger partial charge >= 0.3 is 0 Å². The third kappa shape index (κ3) is 5.36. The molecule has 0 bridgehead atoms. The molecule has 0 saturated carbocycles. The lowest BCUT2D eigenvalue weighted by Gasteiger charge is -2.19. The van der Waals surface area contributed by atoms with E-state index in [9.17, 15) is 4.79 Å². The molecule has 0 spiro atoms. The molecule has 36 heavy (non-hydrogen) atoms. The van der Waals surface area contributed by atoms with Crippen molar-refractivity contribution in [1.29, 1.82) is 0 Å². The summed E-state index contributed by atoms with van der Waals surface area (Å²) in [4.78, 5) is 14.6. The zero-order valence-corrected chi connectivity index (χ0v) is 21.9. The van der Waals surface area contributed by atoms with Crippen molar-refractivity contribution in [3.05, 3.63) is 89.1 Å². The predicted octanol–water partition coefficient (Wildman–Crippen LogP) is 5.84. The summed E-state index contributed by atoms with van der Waals surface area (Å²) in [5.74, 6) is 1.80. The van der Waals surface area contributed by atoms with Gasteiger partial charge in [-0.1, -0.05) is 51.1 Å². The predicted molar refractivity (Wildman–Crippen MR) is 147 cm³/mol. The molecule has 4 rings (SSSR count). The lowest BCUT2D eigenvalue weighted by atomic mass is 9.87. The number of carbonyl (C=O) groups is 1. The van der Waals surface area contributed by atoms with Crippen molar-refractivity contribution < 1.29 is 19.0 Å². The molecule has 1 N–H and O–H groups in total. The molecule has 1 amide bonds. The Kier molecular flexibility index (Phi) is 7.31. The van der Waals surface area contributed by atoms with E-state index < -0.39 is 0 Å². The minimum Gasteiger partial charge on any atom is -0.496 e. The fourth-order valence-corrected chi connectivity index (χ4v) is 4.24. The van der Waals surface area contributed by atoms with Gasteiger partial charge in [-0.15, -0.1) is 0 Å². The molecule has 3 aromatic carbocycles. The lowest BCUT2D eigenvalue weighted by Crippen LogP contribution is -2.30. The van der Waals surface area contributed by atoms with Crippen molar-refractivity contribution in [3.8, 4) is 17.2 Å². The van der Waals surface area contributed by atoms with Gasteiger partial charge in [0.1, 0.15) is 29.6 Å². The molecule has 1 heterocycles. The Morgan fingerprint density at radius 1 is 0.944 bits per heavy atom. The SMILES string of the molecule is COc1ccc(/C=C2/NC(=S)N(c3ccccc3OC)C2=O)cc1COc1ccc(C(C)(C)C)cc1. The van der Waals surface area contributed by atoms with E-state index in [1.165, 1.54) is 10.5 Å². The van der Waals surface area contributed by atoms with Crippen LogP contribution in [0, 0.1) is 0 Å². The van der Waals surface area contributed by atoms with Gasteiger partial charge < -0.3 is 19.5 Å². The number of hydrogen-bond acceptors (Lipinski definition) is 5. The molecule has 1 aliphatic rings. The van der Waals surface area contributed by atoms with Crippen molar-refractivity contribution in [2.75, 3.05) is 19.1 Å². The third-order valence-corrected chi connectivity index (χ3v) is 6.22. The number of rotatable bonds is 7. The number of para-hydroxylation sites is 2. The molecule has 186 valence electrons. The van der Waals surface area contributed by atoms with E-state index in [-0.39, 0.29) is 11.3 Å². The minimum atomic E-state index is -0.253. The molecule has 0 radical (unpaired) electrons. The second-order valence-corrected chi connectivity index (χ2v) is 9.82. The van der Waals surface area contributed by atoms with Crippen LogP contribution in [0.1, 0.15) is 37.5 Å². The molecule has 0 aromatic heterocycles. The second kappa shape index (κ2) is 10.4. The number of thiocarbonyl (C=S) groups is 1. The van der Waals surface area contributed by atoms with Crippen LogP contribution in [-0.2, 0) is 16.8 Å². The van der Waals surface area contributed by atoms with Gasteiger partial charge in [-0.25, -0.2) is 4.90 Å². The number of hydrogen-bond donors (Lipinski definition) is 1. The smallest absolute Gasteiger partial charge is 0.281 e. The van der Waals surface area contributed by atoms with Crippen LogP contribution in [0.4, 0.5) is 5.69 Å². The molecule has 1 fully saturated rings. The number of carbonyl (C=O) groups excluding carboxylic acids is 1. The largest absolute Gasteiger partial charge is 0.496 e. The molecule has 6 nitrogen and oxygen atoms in total. The number of ether oxygens (including phenoxy) is 3. The first-order chi connectivity index (χ1) is 17.2. The number of amides is 1. The lowest BCUT2D eigenvalue weighted by molar-refractivity contribution is -0.113. The minimum absolute atomic E-state index is 0.0822. The topological polar surface area (TPSA) is 60.0 Å². The molecule has 7 heteroatoms. The maximum absolute atomic E-state index is 13.2. The molecule has 3 aromatic rings. The molecule has 0 atom stereocenters. The van der Waals surface area contributed by atoms with Crippen LogP contribution >= 0.6 is 12.2 Å². The van der Waals surface area contributed by atoms with Crippen LogP contribution in [0.2, 0.25) is 0 Å². The Morgan fingerprint density at radius 2 is 1.64 bits per heavy atom. The van der Waals surface area contributed by atoms with Crippen LogP contribution in [0.5, 0.6) is 17.2 Å². The third-order valence-electron chi connectivity index (χ3n) is 5.93. The van der Waals surface area contributed by atoms with Gasteiger partial charge in [-0.05, 0) is 71.2 Å². The quantitative estimate of drug-likeness (QED) is 0.323. The van der Waals surface area contributed by atoms with E-state index in [1.54, 1.807) is 32.4 Å². The summed E-state index contributed by atoms with van der Waals surface area (Å²) in [6.07, 6.45) is 1.77. The van der Waals surface area contributed by atoms with Crippen molar-refractivity contribution in [3.63, 3.8) is 0 Å². The summed E-state index contributed by atoms with van der Waals surface area (Å²) in [7, 11) is 3.19. The summed E-state index contributed by atoms with van der Waals surface area (Å²) in [6.45, 7) is 6.86. The average molecular weight is 503 g/mol. The van der Waals surface area contributed by atoms with Gasteiger partial charge in [0.05, 0.1) is 19.9 Å². The number of methoxy groups -OCH3 is 2. The van der Waals surface area contributed by atoms with Gasteiger partial charge in [0.25, 0.3) is 5.91 Å². The maximum atomic E-state index is 13.2. The highest BCUT2D eigenvalue weighted by atomic mass is 32.1. The number of benzene rings is 3. The van der Waals surface area contributed by atoms with E-state index in [0.29, 0.717) is 34.6 Å². The average Bonchev–Trinajstić information content (AvgIpc) is 3.14. The Morgan fingerprint density at radius 3 is 2.31 bits per heavy atom. The van der Waals surface area contributed by atoms with E-state index in [2.05, 4.69) is 38.2 Å². The first-order valence-corrected chi connectivity index (χ1v) is 12.0. The summed E-state index contributed by atoms with van der Waals surface area (Å²) < 4.78 is 17.0. The first kappa shape index (κ1) is 25.3. The highest BCUT2D eigenvalue weighted by molar-refractivity contribution is 7.80. The number of anilines is 1. The van der Waals surface area contributed by atoms with Crippen molar-refractivity contribution in [1.82, 2.24) is 5.32 Å². The van der Waals surface area contributed by atoms with Gasteiger partial charge in [-0.2, -0.15) is 0 Å². The molecule has 1 saturated heterocycles. The van der Waals surface area contributed by atoms with Crippen LogP contribution in [-0.4, -0.2) is 25.2 Å². The van der Waals surface area contributed by atoms with E-state index in [0.717, 1.165) is 16.9 Å². The zero-order chi connectivity index (χ0) is 25.9. The monoisotopic (exact) mass is 502 g/mol. The fourth-order valence-electron chi connectivity index (χ4n) is 3.95. The summed E-state index contributed by atoms with van der Waals surface area (Å²) in [5.41, 5.74) is 3.97. The van der Waals surface area contributed by atoms with Crippen molar-refractivity contribution >= 4 is 35.0 Å². The van der Waals surface area contributed by atoms with Crippen LogP contribution in [0.25, 0.3) is 6.08 Å². The Balaban J connectivity index is 1.55. The van der Waals surface area contributed by atoms with Crippen LogP contribution in [0.3, 0.4) is 0 Å². The molecular formula is C29H30N2O4S. The van der Waals surface area contributed by atoms with E-state index in [1.807, 2.05) is 42.5 Å². The van der Waals surface area contributed by atoms with Gasteiger partial charge in [0.15, 0.2) is 5.11 Å². The Labute approximate surface area is 217 Å². The molecule has 1 aliphatic heterocycles. The molecule has 0 unspecified atom stereocenters. The Bertz CT molecular complexity index is 1310. The van der Waals surface area contributed by atoms with Crippen LogP contribution < -0.4 is 24.4 Å². The highest BCUT2D eigenvalue weighted by Crippen LogP contribution is 2.32. The van der Waals surface area contributed by atoms with Crippen molar-refractivity contribution in [2.24, 2.45) is 0 Å². The van der Waals surface area contributed by atoms with E-state index in [4.69, 9.17) is 26.4 Å². The molecular weight excluding hydrogens is 472 g/mol. The first-order valence-electron chi connectivity index (χ1n) is 11.6. The second-order valence-electron chi connectivity index (χ2n) is 9.43. The summed E-state index contributed by atoms with van der Waals surface area (Å²) >= 11 is 5.45.